The molecule has 2 rings (SSSR count). The molecule has 25 heavy (non-hydrogen) atoms. The van der Waals surface area contributed by atoms with Crippen molar-refractivity contribution in [1.82, 2.24) is 0 Å². The Morgan fingerprint density at radius 3 is 2.40 bits per heavy atom. The van der Waals surface area contributed by atoms with Crippen LogP contribution < -0.4 is 15.1 Å². The number of fused-ring (bicyclic) bond motifs is 1. The van der Waals surface area contributed by atoms with Crippen molar-refractivity contribution in [2.24, 2.45) is 0 Å². The van der Waals surface area contributed by atoms with E-state index >= 15 is 0 Å². The van der Waals surface area contributed by atoms with Gasteiger partial charge in [0.15, 0.2) is 17.1 Å². The normalized spacial score (nSPS) is 11.0. The first-order valence-corrected chi connectivity index (χ1v) is 9.14. The van der Waals surface area contributed by atoms with Crippen molar-refractivity contribution in [3.63, 3.8) is 0 Å². The van der Waals surface area contributed by atoms with Crippen molar-refractivity contribution < 1.29 is 19.0 Å². The van der Waals surface area contributed by atoms with Gasteiger partial charge in [-0.2, -0.15) is 0 Å². The number of aromatic hydroxyl groups is 1. The van der Waals surface area contributed by atoms with Gasteiger partial charge in [0.1, 0.15) is 0 Å². The molecule has 5 nitrogen and oxygen atoms in total. The summed E-state index contributed by atoms with van der Waals surface area (Å²) in [6.07, 6.45) is 9.81. The molecule has 1 aromatic carbocycles. The van der Waals surface area contributed by atoms with Gasteiger partial charge in [0.2, 0.25) is 5.75 Å². The second-order valence-corrected chi connectivity index (χ2v) is 6.23. The zero-order valence-corrected chi connectivity index (χ0v) is 15.2. The summed E-state index contributed by atoms with van der Waals surface area (Å²) < 4.78 is 15.9. The van der Waals surface area contributed by atoms with Crippen LogP contribution in [0.1, 0.15) is 58.3 Å². The molecule has 138 valence electrons. The van der Waals surface area contributed by atoms with Crippen LogP contribution >= 0.6 is 0 Å². The van der Waals surface area contributed by atoms with Gasteiger partial charge in [-0.05, 0) is 18.6 Å². The Balaban J connectivity index is 1.88. The first-order valence-electron chi connectivity index (χ1n) is 9.14. The monoisotopic (exact) mass is 348 g/mol. The highest BCUT2D eigenvalue weighted by atomic mass is 16.5. The molecule has 0 saturated heterocycles. The predicted molar refractivity (Wildman–Crippen MR) is 98.8 cm³/mol. The third kappa shape index (κ3) is 5.15. The molecule has 0 aliphatic heterocycles. The molecular weight excluding hydrogens is 320 g/mol. The highest BCUT2D eigenvalue weighted by Crippen LogP contribution is 2.35. The van der Waals surface area contributed by atoms with Gasteiger partial charge < -0.3 is 19.0 Å². The maximum atomic E-state index is 11.9. The molecule has 0 unspecified atom stereocenters. The molecule has 0 radical (unpaired) electrons. The Morgan fingerprint density at radius 2 is 1.72 bits per heavy atom. The molecule has 1 N–H and O–H groups in total. The van der Waals surface area contributed by atoms with Crippen molar-refractivity contribution >= 4 is 11.0 Å². The summed E-state index contributed by atoms with van der Waals surface area (Å²) >= 11 is 0. The standard InChI is InChI=1S/C20H28O5/c1-3-4-5-6-7-8-9-10-14-24-16-13-11-12-15-17(21)19(23-2)20(22)25-18(15)16/h11-13,21H,3-10,14H2,1-2H3. The Labute approximate surface area is 148 Å². The number of hydrogen-bond donors (Lipinski definition) is 1. The summed E-state index contributed by atoms with van der Waals surface area (Å²) in [6, 6.07) is 5.16. The van der Waals surface area contributed by atoms with E-state index in [1.165, 1.54) is 45.6 Å². The first kappa shape index (κ1) is 19.2. The van der Waals surface area contributed by atoms with Gasteiger partial charge >= 0.3 is 5.63 Å². The molecular formula is C20H28O5. The van der Waals surface area contributed by atoms with E-state index in [0.29, 0.717) is 17.7 Å². The SMILES string of the molecule is CCCCCCCCCCOc1cccc2c(O)c(OC)c(=O)oc12. The maximum Gasteiger partial charge on any atom is 0.383 e. The molecule has 0 spiro atoms. The highest BCUT2D eigenvalue weighted by molar-refractivity contribution is 5.89. The van der Waals surface area contributed by atoms with Crippen molar-refractivity contribution in [2.75, 3.05) is 13.7 Å². The molecule has 0 atom stereocenters. The van der Waals surface area contributed by atoms with Crippen LogP contribution in [-0.2, 0) is 0 Å². The average Bonchev–Trinajstić information content (AvgIpc) is 2.61. The highest BCUT2D eigenvalue weighted by Gasteiger charge is 2.17. The summed E-state index contributed by atoms with van der Waals surface area (Å²) in [4.78, 5) is 11.9. The van der Waals surface area contributed by atoms with Crippen LogP contribution in [-0.4, -0.2) is 18.8 Å². The van der Waals surface area contributed by atoms with Gasteiger partial charge in [0.25, 0.3) is 0 Å². The van der Waals surface area contributed by atoms with Crippen LogP contribution in [0.3, 0.4) is 0 Å². The van der Waals surface area contributed by atoms with E-state index in [0.717, 1.165) is 12.8 Å². The van der Waals surface area contributed by atoms with Crippen molar-refractivity contribution in [3.8, 4) is 17.2 Å². The maximum absolute atomic E-state index is 11.9. The largest absolute Gasteiger partial charge is 0.504 e. The van der Waals surface area contributed by atoms with Gasteiger partial charge in [0, 0.05) is 0 Å². The third-order valence-electron chi connectivity index (χ3n) is 4.29. The van der Waals surface area contributed by atoms with Gasteiger partial charge in [-0.3, -0.25) is 0 Å². The van der Waals surface area contributed by atoms with E-state index in [-0.39, 0.29) is 17.1 Å². The van der Waals surface area contributed by atoms with Gasteiger partial charge in [-0.25, -0.2) is 4.79 Å². The number of para-hydroxylation sites is 1. The number of unbranched alkanes of at least 4 members (excludes halogenated alkanes) is 7. The van der Waals surface area contributed by atoms with Gasteiger partial charge in [-0.15, -0.1) is 0 Å². The summed E-state index contributed by atoms with van der Waals surface area (Å²) in [5, 5.41) is 10.6. The van der Waals surface area contributed by atoms with Crippen molar-refractivity contribution in [3.05, 3.63) is 28.6 Å². The van der Waals surface area contributed by atoms with E-state index < -0.39 is 5.63 Å². The lowest BCUT2D eigenvalue weighted by atomic mass is 10.1. The summed E-state index contributed by atoms with van der Waals surface area (Å²) in [5.41, 5.74) is -0.457. The van der Waals surface area contributed by atoms with Crippen LogP contribution in [0, 0.1) is 0 Å². The van der Waals surface area contributed by atoms with Crippen LogP contribution in [0.4, 0.5) is 0 Å². The van der Waals surface area contributed by atoms with Crippen molar-refractivity contribution in [2.45, 2.75) is 58.3 Å². The van der Waals surface area contributed by atoms with E-state index in [4.69, 9.17) is 13.9 Å². The molecule has 5 heteroatoms. The molecule has 0 aliphatic rings. The average molecular weight is 348 g/mol. The lowest BCUT2D eigenvalue weighted by molar-refractivity contribution is 0.300. The lowest BCUT2D eigenvalue weighted by Crippen LogP contribution is -2.05. The summed E-state index contributed by atoms with van der Waals surface area (Å²) in [5.74, 6) is 0.0644. The second kappa shape index (κ2) is 9.97. The molecule has 2 aromatic rings. The van der Waals surface area contributed by atoms with Crippen LogP contribution in [0.2, 0.25) is 0 Å². The molecule has 0 aliphatic carbocycles. The van der Waals surface area contributed by atoms with E-state index in [1.807, 2.05) is 0 Å². The van der Waals surface area contributed by atoms with Crippen LogP contribution in [0.15, 0.2) is 27.4 Å². The smallest absolute Gasteiger partial charge is 0.383 e. The minimum atomic E-state index is -0.712. The fraction of sp³-hybridized carbons (Fsp3) is 0.550. The van der Waals surface area contributed by atoms with E-state index in [9.17, 15) is 9.90 Å². The number of methoxy groups -OCH3 is 1. The van der Waals surface area contributed by atoms with Crippen LogP contribution in [0.5, 0.6) is 17.2 Å². The minimum Gasteiger partial charge on any atom is -0.504 e. The minimum absolute atomic E-state index is 0.187. The summed E-state index contributed by atoms with van der Waals surface area (Å²) in [6.45, 7) is 2.78. The Morgan fingerprint density at radius 1 is 1.04 bits per heavy atom. The number of benzene rings is 1. The topological polar surface area (TPSA) is 68.9 Å². The molecule has 0 saturated carbocycles. The molecule has 0 fully saturated rings. The fourth-order valence-electron chi connectivity index (χ4n) is 2.88. The zero-order valence-electron chi connectivity index (χ0n) is 15.2. The molecule has 1 heterocycles. The Kier molecular flexibility index (Phi) is 7.64. The predicted octanol–water partition coefficient (Wildman–Crippen LogP) is 5.03. The van der Waals surface area contributed by atoms with Gasteiger partial charge in [-0.1, -0.05) is 57.9 Å². The number of hydrogen-bond acceptors (Lipinski definition) is 5. The Hall–Kier alpha value is -2.17. The molecule has 0 amide bonds. The molecule has 1 aromatic heterocycles. The third-order valence-corrected chi connectivity index (χ3v) is 4.29. The van der Waals surface area contributed by atoms with E-state index in [2.05, 4.69) is 6.92 Å². The van der Waals surface area contributed by atoms with Gasteiger partial charge in [0.05, 0.1) is 19.1 Å². The summed E-state index contributed by atoms with van der Waals surface area (Å²) in [7, 11) is 1.32. The lowest BCUT2D eigenvalue weighted by Gasteiger charge is -2.10. The fourth-order valence-corrected chi connectivity index (χ4v) is 2.88. The number of rotatable bonds is 11. The van der Waals surface area contributed by atoms with Crippen molar-refractivity contribution in [1.29, 1.82) is 0 Å². The second-order valence-electron chi connectivity index (χ2n) is 6.23. The Bertz CT molecular complexity index is 720. The first-order chi connectivity index (χ1) is 12.2. The molecule has 0 bridgehead atoms. The number of ether oxygens (including phenoxy) is 2. The van der Waals surface area contributed by atoms with Crippen LogP contribution in [0.25, 0.3) is 11.0 Å². The zero-order chi connectivity index (χ0) is 18.1. The quantitative estimate of drug-likeness (QED) is 0.456. The van der Waals surface area contributed by atoms with E-state index in [1.54, 1.807) is 18.2 Å².